The first-order valence-electron chi connectivity index (χ1n) is 6.31. The summed E-state index contributed by atoms with van der Waals surface area (Å²) in [5.41, 5.74) is -0.153. The molecule has 0 bridgehead atoms. The van der Waals surface area contributed by atoms with Crippen LogP contribution in [0.5, 0.6) is 0 Å². The maximum Gasteiger partial charge on any atom is 0.418 e. The van der Waals surface area contributed by atoms with Crippen LogP contribution < -0.4 is 0 Å². The number of hydrogen-bond acceptors (Lipinski definition) is 2. The quantitative estimate of drug-likeness (QED) is 0.922. The Kier molecular flexibility index (Phi) is 4.30. The number of halogens is 4. The topological polar surface area (TPSA) is 38.0 Å². The molecule has 0 aliphatic rings. The number of aliphatic hydroxyl groups is 1. The van der Waals surface area contributed by atoms with Crippen molar-refractivity contribution in [3.05, 3.63) is 46.2 Å². The van der Waals surface area contributed by atoms with Crippen molar-refractivity contribution in [3.63, 3.8) is 0 Å². The van der Waals surface area contributed by atoms with Gasteiger partial charge in [0.05, 0.1) is 34.8 Å². The van der Waals surface area contributed by atoms with Gasteiger partial charge in [-0.05, 0) is 23.6 Å². The Hall–Kier alpha value is -1.53. The summed E-state index contributed by atoms with van der Waals surface area (Å²) in [7, 11) is 0. The van der Waals surface area contributed by atoms with E-state index in [1.54, 1.807) is 0 Å². The van der Waals surface area contributed by atoms with E-state index in [0.717, 1.165) is 10.7 Å². The van der Waals surface area contributed by atoms with Crippen molar-refractivity contribution in [1.29, 1.82) is 0 Å². The van der Waals surface area contributed by atoms with E-state index in [1.165, 1.54) is 18.3 Å². The average molecular weight is 319 g/mol. The molecule has 1 heterocycles. The molecule has 1 aromatic heterocycles. The molecule has 21 heavy (non-hydrogen) atoms. The standard InChI is InChI=1S/C14H14ClF3N2O/c1-8(2)9-6-19-20(12(9)7-21)13-10(14(16,17)18)4-3-5-11(13)15/h3-6,8,21H,7H2,1-2H3. The molecule has 0 radical (unpaired) electrons. The number of para-hydroxylation sites is 1. The average Bonchev–Trinajstić information content (AvgIpc) is 2.80. The normalized spacial score (nSPS) is 12.2. The summed E-state index contributed by atoms with van der Waals surface area (Å²) in [6.45, 7) is 3.33. The van der Waals surface area contributed by atoms with Crippen molar-refractivity contribution >= 4 is 11.6 Å². The van der Waals surface area contributed by atoms with Crippen molar-refractivity contribution in [2.45, 2.75) is 32.5 Å². The minimum atomic E-state index is -4.56. The van der Waals surface area contributed by atoms with Crippen LogP contribution >= 0.6 is 11.6 Å². The Labute approximate surface area is 125 Å². The molecule has 0 amide bonds. The lowest BCUT2D eigenvalue weighted by Gasteiger charge is -2.16. The van der Waals surface area contributed by atoms with Gasteiger partial charge in [0.1, 0.15) is 0 Å². The van der Waals surface area contributed by atoms with Crippen LogP contribution in [0.1, 0.15) is 36.6 Å². The number of rotatable bonds is 3. The predicted molar refractivity (Wildman–Crippen MR) is 73.6 cm³/mol. The molecule has 0 saturated carbocycles. The summed E-state index contributed by atoms with van der Waals surface area (Å²) in [5, 5.41) is 13.4. The van der Waals surface area contributed by atoms with Crippen LogP contribution in [0.25, 0.3) is 5.69 Å². The SMILES string of the molecule is CC(C)c1cnn(-c2c(Cl)cccc2C(F)(F)F)c1CO. The summed E-state index contributed by atoms with van der Waals surface area (Å²) in [5.74, 6) is 0.0257. The van der Waals surface area contributed by atoms with Gasteiger partial charge in [0.25, 0.3) is 0 Å². The molecule has 0 aliphatic heterocycles. The van der Waals surface area contributed by atoms with E-state index in [2.05, 4.69) is 5.10 Å². The smallest absolute Gasteiger partial charge is 0.390 e. The van der Waals surface area contributed by atoms with E-state index in [4.69, 9.17) is 11.6 Å². The van der Waals surface area contributed by atoms with Gasteiger partial charge in [0.15, 0.2) is 0 Å². The zero-order valence-electron chi connectivity index (χ0n) is 11.4. The van der Waals surface area contributed by atoms with Crippen LogP contribution in [0.3, 0.4) is 0 Å². The third kappa shape index (κ3) is 2.91. The second-order valence-corrected chi connectivity index (χ2v) is 5.31. The summed E-state index contributed by atoms with van der Waals surface area (Å²) in [4.78, 5) is 0. The van der Waals surface area contributed by atoms with E-state index in [0.29, 0.717) is 11.3 Å². The van der Waals surface area contributed by atoms with E-state index >= 15 is 0 Å². The molecule has 114 valence electrons. The van der Waals surface area contributed by atoms with Crippen LogP contribution in [0, 0.1) is 0 Å². The molecule has 0 fully saturated rings. The molecule has 0 atom stereocenters. The van der Waals surface area contributed by atoms with E-state index in [1.807, 2.05) is 13.8 Å². The van der Waals surface area contributed by atoms with Gasteiger partial charge in [-0.3, -0.25) is 0 Å². The van der Waals surface area contributed by atoms with Crippen molar-refractivity contribution < 1.29 is 18.3 Å². The summed E-state index contributed by atoms with van der Waals surface area (Å²) in [6, 6.07) is 3.54. The minimum absolute atomic E-state index is 0.0257. The number of benzene rings is 1. The molecular weight excluding hydrogens is 305 g/mol. The maximum atomic E-state index is 13.2. The third-order valence-corrected chi connectivity index (χ3v) is 3.48. The highest BCUT2D eigenvalue weighted by Crippen LogP contribution is 2.38. The fraction of sp³-hybridized carbons (Fsp3) is 0.357. The van der Waals surface area contributed by atoms with Gasteiger partial charge < -0.3 is 5.11 Å². The van der Waals surface area contributed by atoms with Gasteiger partial charge in [0, 0.05) is 0 Å². The Bertz CT molecular complexity index is 650. The first kappa shape index (κ1) is 15.9. The number of alkyl halides is 3. The molecule has 1 N–H and O–H groups in total. The van der Waals surface area contributed by atoms with Gasteiger partial charge in [-0.15, -0.1) is 0 Å². The maximum absolute atomic E-state index is 13.2. The number of aliphatic hydroxyl groups excluding tert-OH is 1. The van der Waals surface area contributed by atoms with Crippen LogP contribution in [-0.2, 0) is 12.8 Å². The second kappa shape index (κ2) is 5.69. The van der Waals surface area contributed by atoms with Crippen LogP contribution in [-0.4, -0.2) is 14.9 Å². The van der Waals surface area contributed by atoms with Gasteiger partial charge in [-0.2, -0.15) is 18.3 Å². The highest BCUT2D eigenvalue weighted by atomic mass is 35.5. The monoisotopic (exact) mass is 318 g/mol. The molecule has 1 aromatic carbocycles. The van der Waals surface area contributed by atoms with Crippen LogP contribution in [0.2, 0.25) is 5.02 Å². The molecule has 7 heteroatoms. The Morgan fingerprint density at radius 3 is 2.52 bits per heavy atom. The fourth-order valence-electron chi connectivity index (χ4n) is 2.18. The van der Waals surface area contributed by atoms with Crippen LogP contribution in [0.15, 0.2) is 24.4 Å². The lowest BCUT2D eigenvalue weighted by molar-refractivity contribution is -0.137. The van der Waals surface area contributed by atoms with Gasteiger partial charge in [-0.1, -0.05) is 31.5 Å². The lowest BCUT2D eigenvalue weighted by atomic mass is 10.0. The molecule has 0 saturated heterocycles. The van der Waals surface area contributed by atoms with E-state index in [9.17, 15) is 18.3 Å². The lowest BCUT2D eigenvalue weighted by Crippen LogP contribution is -2.14. The predicted octanol–water partition coefficient (Wildman–Crippen LogP) is 4.16. The third-order valence-electron chi connectivity index (χ3n) is 3.18. The van der Waals surface area contributed by atoms with Crippen molar-refractivity contribution in [2.75, 3.05) is 0 Å². The number of hydrogen-bond donors (Lipinski definition) is 1. The molecule has 2 rings (SSSR count). The van der Waals surface area contributed by atoms with Gasteiger partial charge in [-0.25, -0.2) is 4.68 Å². The summed E-state index contributed by atoms with van der Waals surface area (Å²) >= 11 is 5.95. The summed E-state index contributed by atoms with van der Waals surface area (Å²) < 4.78 is 40.5. The van der Waals surface area contributed by atoms with Crippen LogP contribution in [0.4, 0.5) is 13.2 Å². The molecule has 0 aliphatic carbocycles. The Morgan fingerprint density at radius 2 is 2.00 bits per heavy atom. The first-order valence-corrected chi connectivity index (χ1v) is 6.69. The largest absolute Gasteiger partial charge is 0.418 e. The zero-order valence-corrected chi connectivity index (χ0v) is 12.2. The van der Waals surface area contributed by atoms with Gasteiger partial charge >= 0.3 is 6.18 Å². The van der Waals surface area contributed by atoms with Crippen molar-refractivity contribution in [3.8, 4) is 5.69 Å². The highest BCUT2D eigenvalue weighted by Gasteiger charge is 2.35. The Balaban J connectivity index is 2.74. The van der Waals surface area contributed by atoms with E-state index in [-0.39, 0.29) is 16.6 Å². The molecule has 0 unspecified atom stereocenters. The van der Waals surface area contributed by atoms with Gasteiger partial charge in [0.2, 0.25) is 0 Å². The minimum Gasteiger partial charge on any atom is -0.390 e. The number of aromatic nitrogens is 2. The fourth-order valence-corrected chi connectivity index (χ4v) is 2.43. The molecule has 2 aromatic rings. The Morgan fingerprint density at radius 1 is 1.33 bits per heavy atom. The van der Waals surface area contributed by atoms with Crippen molar-refractivity contribution in [1.82, 2.24) is 9.78 Å². The number of nitrogens with zero attached hydrogens (tertiary/aromatic N) is 2. The summed E-state index contributed by atoms with van der Waals surface area (Å²) in [6.07, 6.45) is -3.10. The van der Waals surface area contributed by atoms with Crippen molar-refractivity contribution in [2.24, 2.45) is 0 Å². The first-order chi connectivity index (χ1) is 9.77. The zero-order chi connectivity index (χ0) is 15.8. The second-order valence-electron chi connectivity index (χ2n) is 4.90. The molecule has 0 spiro atoms. The molecular formula is C14H14ClF3N2O. The molecule has 3 nitrogen and oxygen atoms in total. The van der Waals surface area contributed by atoms with E-state index < -0.39 is 18.3 Å². The highest BCUT2D eigenvalue weighted by molar-refractivity contribution is 6.32.